The maximum atomic E-state index is 9.16. The first-order chi connectivity index (χ1) is 4.70. The number of hydrogen-bond donors (Lipinski definition) is 2. The standard InChI is InChI=1S/C7H11NOS/c8-7(10)5-2-1-3-6(9)4-5/h1-2,5-6,9H,3-4H2,(H2,8,10)/t5-,6-/m0/s1. The molecule has 2 atom stereocenters. The number of nitrogens with two attached hydrogens (primary N) is 1. The highest BCUT2D eigenvalue weighted by Gasteiger charge is 2.16. The fourth-order valence-electron chi connectivity index (χ4n) is 1.08. The van der Waals surface area contributed by atoms with Crippen LogP contribution in [0.25, 0.3) is 0 Å². The van der Waals surface area contributed by atoms with Crippen molar-refractivity contribution in [2.24, 2.45) is 11.7 Å². The number of aliphatic hydroxyl groups is 1. The molecule has 3 heteroatoms. The van der Waals surface area contributed by atoms with Gasteiger partial charge in [-0.3, -0.25) is 0 Å². The van der Waals surface area contributed by atoms with E-state index < -0.39 is 0 Å². The van der Waals surface area contributed by atoms with E-state index in [0.29, 0.717) is 11.4 Å². The van der Waals surface area contributed by atoms with Gasteiger partial charge in [-0.2, -0.15) is 0 Å². The normalized spacial score (nSPS) is 32.1. The van der Waals surface area contributed by atoms with Gasteiger partial charge in [0.25, 0.3) is 0 Å². The molecule has 0 unspecified atom stereocenters. The number of rotatable bonds is 1. The fourth-order valence-corrected chi connectivity index (χ4v) is 1.25. The van der Waals surface area contributed by atoms with E-state index in [1.54, 1.807) is 0 Å². The van der Waals surface area contributed by atoms with Crippen LogP contribution in [-0.4, -0.2) is 16.2 Å². The fraction of sp³-hybridized carbons (Fsp3) is 0.571. The number of aliphatic hydroxyl groups excluding tert-OH is 1. The molecule has 0 heterocycles. The van der Waals surface area contributed by atoms with Crippen molar-refractivity contribution in [1.82, 2.24) is 0 Å². The van der Waals surface area contributed by atoms with Crippen LogP contribution >= 0.6 is 12.2 Å². The van der Waals surface area contributed by atoms with Crippen molar-refractivity contribution in [3.05, 3.63) is 12.2 Å². The lowest BCUT2D eigenvalue weighted by Crippen LogP contribution is -2.26. The third kappa shape index (κ3) is 1.78. The Bertz CT molecular complexity index is 167. The maximum absolute atomic E-state index is 9.16. The molecule has 2 nitrogen and oxygen atoms in total. The van der Waals surface area contributed by atoms with Crippen molar-refractivity contribution in [2.45, 2.75) is 18.9 Å². The van der Waals surface area contributed by atoms with E-state index in [0.717, 1.165) is 6.42 Å². The molecule has 56 valence electrons. The molecular weight excluding hydrogens is 146 g/mol. The van der Waals surface area contributed by atoms with Crippen LogP contribution in [0.1, 0.15) is 12.8 Å². The monoisotopic (exact) mass is 157 g/mol. The second kappa shape index (κ2) is 3.12. The van der Waals surface area contributed by atoms with Crippen molar-refractivity contribution in [3.8, 4) is 0 Å². The molecule has 0 aromatic rings. The first-order valence-electron chi connectivity index (χ1n) is 3.34. The molecule has 0 amide bonds. The van der Waals surface area contributed by atoms with Gasteiger partial charge in [0, 0.05) is 5.92 Å². The first-order valence-corrected chi connectivity index (χ1v) is 3.75. The predicted octanol–water partition coefficient (Wildman–Crippen LogP) is 0.600. The molecule has 0 radical (unpaired) electrons. The average Bonchev–Trinajstić information content (AvgIpc) is 1.88. The molecule has 0 saturated heterocycles. The summed E-state index contributed by atoms with van der Waals surface area (Å²) < 4.78 is 0. The van der Waals surface area contributed by atoms with Crippen LogP contribution in [0.4, 0.5) is 0 Å². The van der Waals surface area contributed by atoms with Crippen LogP contribution in [0.15, 0.2) is 12.2 Å². The van der Waals surface area contributed by atoms with Gasteiger partial charge in [0.1, 0.15) is 0 Å². The highest BCUT2D eigenvalue weighted by atomic mass is 32.1. The van der Waals surface area contributed by atoms with Gasteiger partial charge in [-0.05, 0) is 12.8 Å². The van der Waals surface area contributed by atoms with Crippen molar-refractivity contribution < 1.29 is 5.11 Å². The summed E-state index contributed by atoms with van der Waals surface area (Å²) in [6.07, 6.45) is 5.06. The summed E-state index contributed by atoms with van der Waals surface area (Å²) in [6.45, 7) is 0. The van der Waals surface area contributed by atoms with E-state index in [1.807, 2.05) is 12.2 Å². The quantitative estimate of drug-likeness (QED) is 0.433. The number of thiocarbonyl (C=S) groups is 1. The average molecular weight is 157 g/mol. The first kappa shape index (κ1) is 7.69. The Balaban J connectivity index is 2.55. The molecule has 0 fully saturated rings. The summed E-state index contributed by atoms with van der Waals surface area (Å²) in [4.78, 5) is 0.481. The van der Waals surface area contributed by atoms with Crippen LogP contribution in [-0.2, 0) is 0 Å². The van der Waals surface area contributed by atoms with E-state index in [2.05, 4.69) is 0 Å². The summed E-state index contributed by atoms with van der Waals surface area (Å²) in [5.74, 6) is 0.110. The summed E-state index contributed by atoms with van der Waals surface area (Å²) in [5, 5.41) is 9.16. The van der Waals surface area contributed by atoms with E-state index in [-0.39, 0.29) is 12.0 Å². The molecule has 3 N–H and O–H groups in total. The van der Waals surface area contributed by atoms with Crippen molar-refractivity contribution >= 4 is 17.2 Å². The van der Waals surface area contributed by atoms with E-state index in [9.17, 15) is 0 Å². The molecule has 0 spiro atoms. The molecule has 0 saturated carbocycles. The molecule has 1 aliphatic carbocycles. The van der Waals surface area contributed by atoms with Gasteiger partial charge >= 0.3 is 0 Å². The van der Waals surface area contributed by atoms with Crippen LogP contribution in [0, 0.1) is 5.92 Å². The molecule has 0 bridgehead atoms. The Morgan fingerprint density at radius 1 is 1.70 bits per heavy atom. The zero-order valence-electron chi connectivity index (χ0n) is 5.66. The van der Waals surface area contributed by atoms with Crippen LogP contribution < -0.4 is 5.73 Å². The minimum atomic E-state index is -0.253. The third-order valence-electron chi connectivity index (χ3n) is 1.67. The predicted molar refractivity (Wildman–Crippen MR) is 44.7 cm³/mol. The molecule has 0 aromatic heterocycles. The third-order valence-corrected chi connectivity index (χ3v) is 1.97. The van der Waals surface area contributed by atoms with Gasteiger partial charge in [-0.1, -0.05) is 24.4 Å². The Kier molecular flexibility index (Phi) is 2.40. The SMILES string of the molecule is NC(=S)[C@H]1C=CC[C@H](O)C1. The van der Waals surface area contributed by atoms with Crippen LogP contribution in [0.2, 0.25) is 0 Å². The summed E-state index contributed by atoms with van der Waals surface area (Å²) in [7, 11) is 0. The van der Waals surface area contributed by atoms with Crippen LogP contribution in [0.5, 0.6) is 0 Å². The second-order valence-electron chi connectivity index (χ2n) is 2.56. The summed E-state index contributed by atoms with van der Waals surface area (Å²) >= 11 is 4.78. The van der Waals surface area contributed by atoms with Crippen molar-refractivity contribution in [2.75, 3.05) is 0 Å². The summed E-state index contributed by atoms with van der Waals surface area (Å²) in [5.41, 5.74) is 5.40. The van der Waals surface area contributed by atoms with Crippen molar-refractivity contribution in [1.29, 1.82) is 0 Å². The minimum absolute atomic E-state index is 0.110. The molecule has 1 aliphatic rings. The van der Waals surface area contributed by atoms with E-state index >= 15 is 0 Å². The van der Waals surface area contributed by atoms with Gasteiger partial charge in [-0.15, -0.1) is 0 Å². The second-order valence-corrected chi connectivity index (χ2v) is 3.03. The highest BCUT2D eigenvalue weighted by Crippen LogP contribution is 2.17. The lowest BCUT2D eigenvalue weighted by Gasteiger charge is -2.19. The molecule has 1 rings (SSSR count). The Hall–Kier alpha value is -0.410. The lowest BCUT2D eigenvalue weighted by atomic mass is 9.94. The molecule has 10 heavy (non-hydrogen) atoms. The Morgan fingerprint density at radius 3 is 2.80 bits per heavy atom. The Morgan fingerprint density at radius 2 is 2.40 bits per heavy atom. The molecule has 0 aliphatic heterocycles. The summed E-state index contributed by atoms with van der Waals surface area (Å²) in [6, 6.07) is 0. The largest absolute Gasteiger partial charge is 0.393 e. The minimum Gasteiger partial charge on any atom is -0.393 e. The molecule has 0 aromatic carbocycles. The van der Waals surface area contributed by atoms with Crippen molar-refractivity contribution in [3.63, 3.8) is 0 Å². The van der Waals surface area contributed by atoms with Gasteiger partial charge in [-0.25, -0.2) is 0 Å². The maximum Gasteiger partial charge on any atom is 0.0797 e. The van der Waals surface area contributed by atoms with E-state index in [4.69, 9.17) is 23.1 Å². The van der Waals surface area contributed by atoms with Gasteiger partial charge in [0.05, 0.1) is 11.1 Å². The topological polar surface area (TPSA) is 46.2 Å². The van der Waals surface area contributed by atoms with Crippen LogP contribution in [0.3, 0.4) is 0 Å². The van der Waals surface area contributed by atoms with Gasteiger partial charge < -0.3 is 10.8 Å². The highest BCUT2D eigenvalue weighted by molar-refractivity contribution is 7.80. The smallest absolute Gasteiger partial charge is 0.0797 e. The lowest BCUT2D eigenvalue weighted by molar-refractivity contribution is 0.157. The zero-order chi connectivity index (χ0) is 7.56. The van der Waals surface area contributed by atoms with Gasteiger partial charge in [0.2, 0.25) is 0 Å². The Labute approximate surface area is 65.7 Å². The number of hydrogen-bond acceptors (Lipinski definition) is 2. The molecular formula is C7H11NOS. The van der Waals surface area contributed by atoms with E-state index in [1.165, 1.54) is 0 Å². The zero-order valence-corrected chi connectivity index (χ0v) is 6.47. The van der Waals surface area contributed by atoms with Gasteiger partial charge in [0.15, 0.2) is 0 Å².